The fraction of sp³-hybridized carbons (Fsp3) is 0.467. The highest BCUT2D eigenvalue weighted by Gasteiger charge is 2.31. The summed E-state index contributed by atoms with van der Waals surface area (Å²) < 4.78 is 25.5. The molecule has 3 heterocycles. The molecule has 1 aliphatic heterocycles. The van der Waals surface area contributed by atoms with Crippen LogP contribution >= 0.6 is 0 Å². The standard InChI is InChI=1S/C15H19N3O2S/c1-11-9-14-12(10-16-11)3-4-15(17-14)21(19,20)13-5-7-18(2)8-6-13/h3-4,9-10,13H,5-8H2,1-2H3. The van der Waals surface area contributed by atoms with Crippen molar-refractivity contribution < 1.29 is 8.42 Å². The molecular weight excluding hydrogens is 286 g/mol. The predicted octanol–water partition coefficient (Wildman–Crippen LogP) is 1.81. The Labute approximate surface area is 124 Å². The maximum absolute atomic E-state index is 12.7. The van der Waals surface area contributed by atoms with Crippen LogP contribution in [0.3, 0.4) is 0 Å². The molecule has 0 amide bonds. The van der Waals surface area contributed by atoms with Crippen molar-refractivity contribution in [2.75, 3.05) is 20.1 Å². The van der Waals surface area contributed by atoms with Crippen LogP contribution in [0.2, 0.25) is 0 Å². The van der Waals surface area contributed by atoms with Gasteiger partial charge in [0.25, 0.3) is 0 Å². The van der Waals surface area contributed by atoms with E-state index in [0.717, 1.165) is 24.2 Å². The fourth-order valence-electron chi connectivity index (χ4n) is 2.72. The Hall–Kier alpha value is -1.53. The summed E-state index contributed by atoms with van der Waals surface area (Å²) in [6.07, 6.45) is 3.07. The van der Waals surface area contributed by atoms with Crippen molar-refractivity contribution in [3.8, 4) is 0 Å². The first kappa shape index (κ1) is 14.4. The van der Waals surface area contributed by atoms with Crippen LogP contribution in [0.1, 0.15) is 18.5 Å². The van der Waals surface area contributed by atoms with Gasteiger partial charge >= 0.3 is 0 Å². The first-order chi connectivity index (χ1) is 9.96. The molecule has 1 saturated heterocycles. The van der Waals surface area contributed by atoms with Gasteiger partial charge in [-0.15, -0.1) is 0 Å². The summed E-state index contributed by atoms with van der Waals surface area (Å²) in [6, 6.07) is 5.21. The van der Waals surface area contributed by atoms with Crippen molar-refractivity contribution in [1.82, 2.24) is 14.9 Å². The molecule has 0 radical (unpaired) electrons. The summed E-state index contributed by atoms with van der Waals surface area (Å²) in [5, 5.41) is 0.736. The number of likely N-dealkylation sites (tertiary alicyclic amines) is 1. The molecule has 21 heavy (non-hydrogen) atoms. The largest absolute Gasteiger partial charge is 0.306 e. The van der Waals surface area contributed by atoms with Gasteiger partial charge in [0.1, 0.15) is 0 Å². The zero-order chi connectivity index (χ0) is 15.0. The van der Waals surface area contributed by atoms with Gasteiger partial charge in [0.05, 0.1) is 10.8 Å². The summed E-state index contributed by atoms with van der Waals surface area (Å²) in [7, 11) is -1.33. The number of aryl methyl sites for hydroxylation is 1. The molecule has 0 atom stereocenters. The third-order valence-electron chi connectivity index (χ3n) is 4.08. The number of pyridine rings is 2. The minimum atomic E-state index is -3.35. The average Bonchev–Trinajstić information content (AvgIpc) is 2.47. The molecule has 0 saturated carbocycles. The Morgan fingerprint density at radius 1 is 1.24 bits per heavy atom. The topological polar surface area (TPSA) is 63.2 Å². The van der Waals surface area contributed by atoms with Crippen LogP contribution in [0.25, 0.3) is 10.9 Å². The molecule has 2 aromatic heterocycles. The van der Waals surface area contributed by atoms with Crippen molar-refractivity contribution >= 4 is 20.7 Å². The Balaban J connectivity index is 1.98. The molecule has 3 rings (SSSR count). The van der Waals surface area contributed by atoms with Crippen molar-refractivity contribution in [2.24, 2.45) is 0 Å². The van der Waals surface area contributed by atoms with Gasteiger partial charge in [-0.1, -0.05) is 0 Å². The van der Waals surface area contributed by atoms with Crippen LogP contribution in [0, 0.1) is 6.92 Å². The van der Waals surface area contributed by atoms with Gasteiger partial charge in [-0.3, -0.25) is 4.98 Å². The lowest BCUT2D eigenvalue weighted by molar-refractivity contribution is 0.277. The molecule has 5 nitrogen and oxygen atoms in total. The molecule has 0 spiro atoms. The van der Waals surface area contributed by atoms with E-state index in [0.29, 0.717) is 18.4 Å². The van der Waals surface area contributed by atoms with Gasteiger partial charge in [0.2, 0.25) is 0 Å². The molecule has 0 unspecified atom stereocenters. The number of hydrogen-bond acceptors (Lipinski definition) is 5. The van der Waals surface area contributed by atoms with E-state index in [-0.39, 0.29) is 10.3 Å². The minimum Gasteiger partial charge on any atom is -0.306 e. The highest BCUT2D eigenvalue weighted by Crippen LogP contribution is 2.24. The Bertz CT molecular complexity index is 766. The van der Waals surface area contributed by atoms with Gasteiger partial charge in [-0.05, 0) is 58.1 Å². The highest BCUT2D eigenvalue weighted by molar-refractivity contribution is 7.92. The number of aromatic nitrogens is 2. The number of rotatable bonds is 2. The van der Waals surface area contributed by atoms with Crippen molar-refractivity contribution in [3.05, 3.63) is 30.1 Å². The Kier molecular flexibility index (Phi) is 3.67. The van der Waals surface area contributed by atoms with E-state index in [1.807, 2.05) is 20.0 Å². The lowest BCUT2D eigenvalue weighted by Crippen LogP contribution is -2.37. The van der Waals surface area contributed by atoms with Crippen molar-refractivity contribution in [1.29, 1.82) is 0 Å². The molecule has 0 bridgehead atoms. The monoisotopic (exact) mass is 305 g/mol. The van der Waals surface area contributed by atoms with Crippen LogP contribution in [0.5, 0.6) is 0 Å². The fourth-order valence-corrected chi connectivity index (χ4v) is 4.38. The summed E-state index contributed by atoms with van der Waals surface area (Å²) >= 11 is 0. The first-order valence-corrected chi connectivity index (χ1v) is 8.67. The Morgan fingerprint density at radius 3 is 2.67 bits per heavy atom. The molecule has 1 fully saturated rings. The highest BCUT2D eigenvalue weighted by atomic mass is 32.2. The predicted molar refractivity (Wildman–Crippen MR) is 82.0 cm³/mol. The van der Waals surface area contributed by atoms with E-state index in [1.165, 1.54) is 0 Å². The molecular formula is C15H19N3O2S. The van der Waals surface area contributed by atoms with E-state index in [2.05, 4.69) is 14.9 Å². The number of sulfone groups is 1. The van der Waals surface area contributed by atoms with Gasteiger partial charge in [0.15, 0.2) is 14.9 Å². The van der Waals surface area contributed by atoms with E-state index >= 15 is 0 Å². The maximum atomic E-state index is 12.7. The van der Waals surface area contributed by atoms with E-state index in [4.69, 9.17) is 0 Å². The summed E-state index contributed by atoms with van der Waals surface area (Å²) in [5.41, 5.74) is 1.53. The second-order valence-electron chi connectivity index (χ2n) is 5.72. The number of piperidine rings is 1. The maximum Gasteiger partial charge on any atom is 0.198 e. The van der Waals surface area contributed by atoms with Crippen LogP contribution in [-0.4, -0.2) is 48.7 Å². The summed E-state index contributed by atoms with van der Waals surface area (Å²) in [6.45, 7) is 3.51. The summed E-state index contributed by atoms with van der Waals surface area (Å²) in [5.74, 6) is 0. The van der Waals surface area contributed by atoms with E-state index in [1.54, 1.807) is 18.3 Å². The minimum absolute atomic E-state index is 0.190. The molecule has 112 valence electrons. The normalized spacial score (nSPS) is 18.2. The third-order valence-corrected chi connectivity index (χ3v) is 6.24. The second kappa shape index (κ2) is 5.35. The number of fused-ring (bicyclic) bond motifs is 1. The SMILES string of the molecule is Cc1cc2nc(S(=O)(=O)C3CCN(C)CC3)ccc2cn1. The van der Waals surface area contributed by atoms with Crippen LogP contribution < -0.4 is 0 Å². The smallest absolute Gasteiger partial charge is 0.198 e. The average molecular weight is 305 g/mol. The molecule has 0 aliphatic carbocycles. The van der Waals surface area contributed by atoms with Crippen LogP contribution in [0.15, 0.2) is 29.4 Å². The van der Waals surface area contributed by atoms with Crippen molar-refractivity contribution in [2.45, 2.75) is 30.0 Å². The lowest BCUT2D eigenvalue weighted by Gasteiger charge is -2.28. The van der Waals surface area contributed by atoms with Crippen molar-refractivity contribution in [3.63, 3.8) is 0 Å². The first-order valence-electron chi connectivity index (χ1n) is 7.13. The zero-order valence-electron chi connectivity index (χ0n) is 12.3. The second-order valence-corrected chi connectivity index (χ2v) is 7.89. The van der Waals surface area contributed by atoms with Gasteiger partial charge in [-0.25, -0.2) is 13.4 Å². The third kappa shape index (κ3) is 2.78. The van der Waals surface area contributed by atoms with Gasteiger partial charge in [-0.2, -0.15) is 0 Å². The van der Waals surface area contributed by atoms with Gasteiger partial charge in [0, 0.05) is 17.3 Å². The van der Waals surface area contributed by atoms with Crippen LogP contribution in [-0.2, 0) is 9.84 Å². The molecule has 0 aromatic carbocycles. The molecule has 1 aliphatic rings. The van der Waals surface area contributed by atoms with E-state index < -0.39 is 9.84 Å². The number of nitrogens with zero attached hydrogens (tertiary/aromatic N) is 3. The number of hydrogen-bond donors (Lipinski definition) is 0. The molecule has 2 aromatic rings. The Morgan fingerprint density at radius 2 is 1.95 bits per heavy atom. The van der Waals surface area contributed by atoms with Crippen LogP contribution in [0.4, 0.5) is 0 Å². The van der Waals surface area contributed by atoms with Gasteiger partial charge < -0.3 is 4.90 Å². The molecule has 0 N–H and O–H groups in total. The summed E-state index contributed by atoms with van der Waals surface area (Å²) in [4.78, 5) is 10.7. The molecule has 6 heteroatoms. The van der Waals surface area contributed by atoms with E-state index in [9.17, 15) is 8.42 Å². The lowest BCUT2D eigenvalue weighted by atomic mass is 10.1. The quantitative estimate of drug-likeness (QED) is 0.846. The zero-order valence-corrected chi connectivity index (χ0v) is 13.1.